The van der Waals surface area contributed by atoms with Crippen LogP contribution in [0.2, 0.25) is 0 Å². The minimum Gasteiger partial charge on any atom is -0.244 e. The van der Waals surface area contributed by atoms with E-state index < -0.39 is 0 Å². The molecule has 0 aromatic carbocycles. The minimum absolute atomic E-state index is 0.397. The Morgan fingerprint density at radius 3 is 2.58 bits per heavy atom. The lowest BCUT2D eigenvalue weighted by Crippen LogP contribution is -1.93. The van der Waals surface area contributed by atoms with Crippen molar-refractivity contribution in [3.8, 4) is 6.07 Å². The molecule has 2 nitrogen and oxygen atoms in total. The molecule has 0 amide bonds. The first-order chi connectivity index (χ1) is 5.65. The highest BCUT2D eigenvalue weighted by Crippen LogP contribution is 2.18. The van der Waals surface area contributed by atoms with Gasteiger partial charge in [-0.05, 0) is 34.0 Å². The quantitative estimate of drug-likeness (QED) is 0.689. The molecule has 3 heteroatoms. The zero-order valence-electron chi connectivity index (χ0n) is 7.00. The van der Waals surface area contributed by atoms with E-state index in [0.717, 1.165) is 5.69 Å². The van der Waals surface area contributed by atoms with Gasteiger partial charge in [-0.1, -0.05) is 13.8 Å². The van der Waals surface area contributed by atoms with Crippen LogP contribution < -0.4 is 0 Å². The van der Waals surface area contributed by atoms with Crippen LogP contribution in [0.1, 0.15) is 31.0 Å². The Balaban J connectivity index is 3.12. The van der Waals surface area contributed by atoms with E-state index in [0.29, 0.717) is 16.1 Å². The molecule has 0 aliphatic carbocycles. The van der Waals surface area contributed by atoms with Gasteiger partial charge >= 0.3 is 0 Å². The molecule has 1 aromatic rings. The summed E-state index contributed by atoms with van der Waals surface area (Å²) in [5.74, 6) is 0.397. The maximum absolute atomic E-state index is 8.63. The number of hydrogen-bond donors (Lipinski definition) is 0. The van der Waals surface area contributed by atoms with Gasteiger partial charge in [-0.3, -0.25) is 0 Å². The highest BCUT2D eigenvalue weighted by atomic mass is 79.9. The molecule has 0 unspecified atom stereocenters. The van der Waals surface area contributed by atoms with Crippen LogP contribution >= 0.6 is 15.9 Å². The van der Waals surface area contributed by atoms with Crippen LogP contribution in [0.4, 0.5) is 0 Å². The maximum Gasteiger partial charge on any atom is 0.124 e. The van der Waals surface area contributed by atoms with E-state index in [2.05, 4.69) is 40.8 Å². The zero-order chi connectivity index (χ0) is 9.14. The van der Waals surface area contributed by atoms with Crippen LogP contribution in [-0.2, 0) is 0 Å². The minimum atomic E-state index is 0.397. The summed E-state index contributed by atoms with van der Waals surface area (Å²) in [6.45, 7) is 4.14. The first kappa shape index (κ1) is 9.21. The average molecular weight is 225 g/mol. The molecule has 1 heterocycles. The van der Waals surface area contributed by atoms with Gasteiger partial charge in [0.1, 0.15) is 10.7 Å². The SMILES string of the molecule is CC(C)c1ccc(C#N)c(Br)n1. The van der Waals surface area contributed by atoms with Crippen molar-refractivity contribution in [2.75, 3.05) is 0 Å². The molecule has 0 radical (unpaired) electrons. The van der Waals surface area contributed by atoms with Crippen molar-refractivity contribution >= 4 is 15.9 Å². The van der Waals surface area contributed by atoms with Gasteiger partial charge in [0, 0.05) is 5.69 Å². The summed E-state index contributed by atoms with van der Waals surface area (Å²) >= 11 is 3.24. The Morgan fingerprint density at radius 2 is 2.17 bits per heavy atom. The zero-order valence-corrected chi connectivity index (χ0v) is 8.59. The van der Waals surface area contributed by atoms with E-state index in [1.54, 1.807) is 6.07 Å². The third kappa shape index (κ3) is 1.83. The molecule has 0 saturated carbocycles. The molecule has 0 saturated heterocycles. The van der Waals surface area contributed by atoms with Gasteiger partial charge in [0.2, 0.25) is 0 Å². The normalized spacial score (nSPS) is 9.92. The topological polar surface area (TPSA) is 36.7 Å². The van der Waals surface area contributed by atoms with E-state index in [1.807, 2.05) is 6.07 Å². The summed E-state index contributed by atoms with van der Waals surface area (Å²) in [5.41, 5.74) is 1.58. The Labute approximate surface area is 80.4 Å². The van der Waals surface area contributed by atoms with Gasteiger partial charge in [-0.15, -0.1) is 0 Å². The van der Waals surface area contributed by atoms with Gasteiger partial charge in [-0.25, -0.2) is 4.98 Å². The fraction of sp³-hybridized carbons (Fsp3) is 0.333. The van der Waals surface area contributed by atoms with Crippen LogP contribution in [0, 0.1) is 11.3 Å². The van der Waals surface area contributed by atoms with Gasteiger partial charge in [-0.2, -0.15) is 5.26 Å². The van der Waals surface area contributed by atoms with Crippen LogP contribution in [0.15, 0.2) is 16.7 Å². The molecule has 0 atom stereocenters. The molecule has 1 rings (SSSR count). The van der Waals surface area contributed by atoms with Gasteiger partial charge in [0.25, 0.3) is 0 Å². The van der Waals surface area contributed by atoms with Crippen molar-refractivity contribution in [2.24, 2.45) is 0 Å². The molecule has 0 spiro atoms. The number of nitrogens with zero attached hydrogens (tertiary/aromatic N) is 2. The summed E-state index contributed by atoms with van der Waals surface area (Å²) in [7, 11) is 0. The molecule has 0 aliphatic rings. The summed E-state index contributed by atoms with van der Waals surface area (Å²) in [4.78, 5) is 4.24. The molecular formula is C9H9BrN2. The Bertz CT molecular complexity index is 326. The number of pyridine rings is 1. The number of aromatic nitrogens is 1. The van der Waals surface area contributed by atoms with E-state index in [-0.39, 0.29) is 0 Å². The first-order valence-electron chi connectivity index (χ1n) is 3.71. The Kier molecular flexibility index (Phi) is 2.83. The van der Waals surface area contributed by atoms with Gasteiger partial charge < -0.3 is 0 Å². The lowest BCUT2D eigenvalue weighted by molar-refractivity contribution is 0.817. The monoisotopic (exact) mass is 224 g/mol. The molecule has 0 bridgehead atoms. The standard InChI is InChI=1S/C9H9BrN2/c1-6(2)8-4-3-7(5-11)9(10)12-8/h3-4,6H,1-2H3. The summed E-state index contributed by atoms with van der Waals surface area (Å²) < 4.78 is 0.635. The van der Waals surface area contributed by atoms with Crippen molar-refractivity contribution < 1.29 is 0 Å². The van der Waals surface area contributed by atoms with Gasteiger partial charge in [0.05, 0.1) is 5.56 Å². The molecule has 0 N–H and O–H groups in total. The van der Waals surface area contributed by atoms with E-state index in [1.165, 1.54) is 0 Å². The molecule has 1 aromatic heterocycles. The van der Waals surface area contributed by atoms with Gasteiger partial charge in [0.15, 0.2) is 0 Å². The Hall–Kier alpha value is -0.880. The Morgan fingerprint density at radius 1 is 1.50 bits per heavy atom. The van der Waals surface area contributed by atoms with Crippen molar-refractivity contribution in [1.82, 2.24) is 4.98 Å². The fourth-order valence-electron chi connectivity index (χ4n) is 0.853. The first-order valence-corrected chi connectivity index (χ1v) is 4.51. The third-order valence-electron chi connectivity index (χ3n) is 1.58. The molecule has 0 fully saturated rings. The van der Waals surface area contributed by atoms with Crippen molar-refractivity contribution in [3.05, 3.63) is 28.0 Å². The molecule has 0 aliphatic heterocycles. The van der Waals surface area contributed by atoms with Crippen LogP contribution in [0.5, 0.6) is 0 Å². The second kappa shape index (κ2) is 3.68. The smallest absolute Gasteiger partial charge is 0.124 e. The molecule has 62 valence electrons. The van der Waals surface area contributed by atoms with E-state index in [4.69, 9.17) is 5.26 Å². The molecule has 12 heavy (non-hydrogen) atoms. The number of nitriles is 1. The van der Waals surface area contributed by atoms with Crippen LogP contribution in [-0.4, -0.2) is 4.98 Å². The second-order valence-electron chi connectivity index (χ2n) is 2.84. The average Bonchev–Trinajstić information content (AvgIpc) is 2.04. The predicted octanol–water partition coefficient (Wildman–Crippen LogP) is 2.84. The molecular weight excluding hydrogens is 216 g/mol. The van der Waals surface area contributed by atoms with E-state index >= 15 is 0 Å². The number of hydrogen-bond acceptors (Lipinski definition) is 2. The number of rotatable bonds is 1. The summed E-state index contributed by atoms with van der Waals surface area (Å²) in [6, 6.07) is 5.72. The maximum atomic E-state index is 8.63. The fourth-order valence-corrected chi connectivity index (χ4v) is 1.28. The largest absolute Gasteiger partial charge is 0.244 e. The second-order valence-corrected chi connectivity index (χ2v) is 3.59. The summed E-state index contributed by atoms with van der Waals surface area (Å²) in [5, 5.41) is 8.63. The van der Waals surface area contributed by atoms with Crippen LogP contribution in [0.3, 0.4) is 0 Å². The predicted molar refractivity (Wildman–Crippen MR) is 50.7 cm³/mol. The van der Waals surface area contributed by atoms with Crippen LogP contribution in [0.25, 0.3) is 0 Å². The highest BCUT2D eigenvalue weighted by molar-refractivity contribution is 9.10. The lowest BCUT2D eigenvalue weighted by atomic mass is 10.1. The third-order valence-corrected chi connectivity index (χ3v) is 2.19. The lowest BCUT2D eigenvalue weighted by Gasteiger charge is -2.04. The van der Waals surface area contributed by atoms with Crippen molar-refractivity contribution in [1.29, 1.82) is 5.26 Å². The van der Waals surface area contributed by atoms with Crippen molar-refractivity contribution in [2.45, 2.75) is 19.8 Å². The highest BCUT2D eigenvalue weighted by Gasteiger charge is 2.04. The van der Waals surface area contributed by atoms with Crippen molar-refractivity contribution in [3.63, 3.8) is 0 Å². The number of halogens is 1. The van der Waals surface area contributed by atoms with E-state index in [9.17, 15) is 0 Å². The summed E-state index contributed by atoms with van der Waals surface area (Å²) in [6.07, 6.45) is 0.